The molecule has 1 rings (SSSR count). The smallest absolute Gasteiger partial charge is 0.150 e. The molecule has 0 aliphatic carbocycles. The van der Waals surface area contributed by atoms with Crippen molar-refractivity contribution in [2.75, 3.05) is 0 Å². The van der Waals surface area contributed by atoms with Crippen molar-refractivity contribution in [2.45, 2.75) is 6.92 Å². The summed E-state index contributed by atoms with van der Waals surface area (Å²) in [6.07, 6.45) is 0.760. The predicted octanol–water partition coefficient (Wildman–Crippen LogP) is 1.68. The van der Waals surface area contributed by atoms with Crippen LogP contribution in [0.4, 0.5) is 0 Å². The van der Waals surface area contributed by atoms with Crippen molar-refractivity contribution in [2.24, 2.45) is 0 Å². The first-order chi connectivity index (χ1) is 5.27. The topological polar surface area (TPSA) is 40.9 Å². The Balaban J connectivity index is 3.25. The minimum absolute atomic E-state index is 0.526. The van der Waals surface area contributed by atoms with E-state index in [4.69, 9.17) is 5.26 Å². The van der Waals surface area contributed by atoms with Gasteiger partial charge in [0, 0.05) is 5.56 Å². The van der Waals surface area contributed by atoms with Crippen molar-refractivity contribution in [3.8, 4) is 6.07 Å². The molecule has 0 aliphatic rings. The molecule has 1 aromatic carbocycles. The zero-order valence-corrected chi connectivity index (χ0v) is 6.16. The lowest BCUT2D eigenvalue weighted by Gasteiger charge is -1.95. The molecule has 0 unspecified atom stereocenters. The van der Waals surface area contributed by atoms with E-state index in [0.717, 1.165) is 11.8 Å². The molecule has 0 N–H and O–H groups in total. The number of carbonyl (C=O) groups is 1. The molecule has 2 heteroatoms. The van der Waals surface area contributed by atoms with Gasteiger partial charge >= 0.3 is 0 Å². The molecule has 0 bridgehead atoms. The van der Waals surface area contributed by atoms with E-state index in [-0.39, 0.29) is 0 Å². The van der Waals surface area contributed by atoms with Crippen LogP contribution >= 0.6 is 0 Å². The third-order valence-electron chi connectivity index (χ3n) is 1.54. The predicted molar refractivity (Wildman–Crippen MR) is 41.3 cm³/mol. The highest BCUT2D eigenvalue weighted by Crippen LogP contribution is 2.07. The largest absolute Gasteiger partial charge is 0.298 e. The second-order valence-corrected chi connectivity index (χ2v) is 2.30. The highest BCUT2D eigenvalue weighted by Gasteiger charge is 1.96. The van der Waals surface area contributed by atoms with Crippen molar-refractivity contribution in [3.05, 3.63) is 34.9 Å². The van der Waals surface area contributed by atoms with Gasteiger partial charge in [-0.25, -0.2) is 0 Å². The number of hydrogen-bond acceptors (Lipinski definition) is 2. The first kappa shape index (κ1) is 7.49. The van der Waals surface area contributed by atoms with Crippen LogP contribution in [0.25, 0.3) is 0 Å². The van der Waals surface area contributed by atoms with Gasteiger partial charge in [0.2, 0.25) is 0 Å². The average Bonchev–Trinajstić information content (AvgIpc) is 2.05. The Bertz CT molecular complexity index is 323. The van der Waals surface area contributed by atoms with E-state index < -0.39 is 0 Å². The summed E-state index contributed by atoms with van der Waals surface area (Å²) in [7, 11) is 0. The van der Waals surface area contributed by atoms with Crippen molar-refractivity contribution in [1.82, 2.24) is 0 Å². The van der Waals surface area contributed by atoms with E-state index in [1.165, 1.54) is 0 Å². The van der Waals surface area contributed by atoms with Gasteiger partial charge in [0.25, 0.3) is 0 Å². The molecule has 11 heavy (non-hydrogen) atoms. The molecular formula is C9H7NO. The monoisotopic (exact) mass is 145 g/mol. The molecule has 0 aliphatic heterocycles. The summed E-state index contributed by atoms with van der Waals surface area (Å²) in [5, 5.41) is 8.48. The number of benzene rings is 1. The fourth-order valence-electron chi connectivity index (χ4n) is 0.837. The quantitative estimate of drug-likeness (QED) is 0.564. The van der Waals surface area contributed by atoms with Crippen molar-refractivity contribution in [1.29, 1.82) is 5.26 Å². The maximum Gasteiger partial charge on any atom is 0.150 e. The standard InChI is InChI=1S/C9H7NO/c1-7-2-3-8(5-10)4-9(7)6-11/h2-4,6H,1H3. The number of rotatable bonds is 1. The van der Waals surface area contributed by atoms with Gasteiger partial charge < -0.3 is 0 Å². The van der Waals surface area contributed by atoms with Crippen LogP contribution < -0.4 is 0 Å². The number of aldehydes is 1. The van der Waals surface area contributed by atoms with Gasteiger partial charge in [-0.1, -0.05) is 6.07 Å². The van der Waals surface area contributed by atoms with Crippen LogP contribution in [-0.2, 0) is 0 Å². The van der Waals surface area contributed by atoms with Crippen LogP contribution in [0.5, 0.6) is 0 Å². The average molecular weight is 145 g/mol. The van der Waals surface area contributed by atoms with E-state index in [2.05, 4.69) is 0 Å². The minimum Gasteiger partial charge on any atom is -0.298 e. The SMILES string of the molecule is Cc1ccc(C#N)cc1C=O. The summed E-state index contributed by atoms with van der Waals surface area (Å²) in [6.45, 7) is 1.84. The summed E-state index contributed by atoms with van der Waals surface area (Å²) in [5.74, 6) is 0. The number of carbonyl (C=O) groups excluding carboxylic acids is 1. The molecule has 0 heterocycles. The van der Waals surface area contributed by atoms with Gasteiger partial charge in [-0.2, -0.15) is 5.26 Å². The van der Waals surface area contributed by atoms with Crippen molar-refractivity contribution in [3.63, 3.8) is 0 Å². The van der Waals surface area contributed by atoms with Crippen LogP contribution in [0.3, 0.4) is 0 Å². The van der Waals surface area contributed by atoms with E-state index in [0.29, 0.717) is 11.1 Å². The second kappa shape index (κ2) is 2.98. The van der Waals surface area contributed by atoms with E-state index in [9.17, 15) is 4.79 Å². The maximum atomic E-state index is 10.4. The third-order valence-corrected chi connectivity index (χ3v) is 1.54. The Morgan fingerprint density at radius 3 is 2.82 bits per heavy atom. The van der Waals surface area contributed by atoms with Gasteiger partial charge in [-0.15, -0.1) is 0 Å². The fourth-order valence-corrected chi connectivity index (χ4v) is 0.837. The Labute approximate surface area is 65.1 Å². The molecular weight excluding hydrogens is 138 g/mol. The highest BCUT2D eigenvalue weighted by atomic mass is 16.1. The molecule has 0 spiro atoms. The second-order valence-electron chi connectivity index (χ2n) is 2.30. The summed E-state index contributed by atoms with van der Waals surface area (Å²) < 4.78 is 0. The molecule has 0 aromatic heterocycles. The molecule has 2 nitrogen and oxygen atoms in total. The first-order valence-electron chi connectivity index (χ1n) is 3.24. The van der Waals surface area contributed by atoms with Crippen molar-refractivity contribution >= 4 is 6.29 Å². The Kier molecular flexibility index (Phi) is 2.03. The maximum absolute atomic E-state index is 10.4. The van der Waals surface area contributed by atoms with Gasteiger partial charge in [-0.05, 0) is 24.6 Å². The molecule has 54 valence electrons. The van der Waals surface area contributed by atoms with E-state index >= 15 is 0 Å². The number of nitrogens with zero attached hydrogens (tertiary/aromatic N) is 1. The lowest BCUT2D eigenvalue weighted by Crippen LogP contribution is -1.86. The van der Waals surface area contributed by atoms with Crippen LogP contribution in [0.1, 0.15) is 21.5 Å². The number of nitriles is 1. The Morgan fingerprint density at radius 1 is 1.55 bits per heavy atom. The summed E-state index contributed by atoms with van der Waals surface area (Å²) >= 11 is 0. The van der Waals surface area contributed by atoms with Gasteiger partial charge in [0.15, 0.2) is 0 Å². The zero-order valence-electron chi connectivity index (χ0n) is 6.16. The normalized spacial score (nSPS) is 8.73. The lowest BCUT2D eigenvalue weighted by atomic mass is 10.1. The Morgan fingerprint density at radius 2 is 2.27 bits per heavy atom. The third kappa shape index (κ3) is 1.44. The zero-order chi connectivity index (χ0) is 8.27. The molecule has 0 saturated heterocycles. The minimum atomic E-state index is 0.526. The lowest BCUT2D eigenvalue weighted by molar-refractivity contribution is 0.112. The first-order valence-corrected chi connectivity index (χ1v) is 3.24. The molecule has 0 atom stereocenters. The summed E-state index contributed by atoms with van der Waals surface area (Å²) in [6, 6.07) is 7.02. The Hall–Kier alpha value is -1.62. The van der Waals surface area contributed by atoms with Gasteiger partial charge in [0.05, 0.1) is 11.6 Å². The summed E-state index contributed by atoms with van der Waals surface area (Å²) in [4.78, 5) is 10.4. The molecule has 0 amide bonds. The van der Waals surface area contributed by atoms with Crippen LogP contribution in [-0.4, -0.2) is 6.29 Å². The summed E-state index contributed by atoms with van der Waals surface area (Å²) in [5.41, 5.74) is 2.01. The van der Waals surface area contributed by atoms with Crippen molar-refractivity contribution < 1.29 is 4.79 Å². The fraction of sp³-hybridized carbons (Fsp3) is 0.111. The van der Waals surface area contributed by atoms with Crippen LogP contribution in [0.2, 0.25) is 0 Å². The number of hydrogen-bond donors (Lipinski definition) is 0. The molecule has 0 radical (unpaired) electrons. The highest BCUT2D eigenvalue weighted by molar-refractivity contribution is 5.77. The number of aryl methyl sites for hydroxylation is 1. The van der Waals surface area contributed by atoms with E-state index in [1.807, 2.05) is 13.0 Å². The molecule has 0 fully saturated rings. The van der Waals surface area contributed by atoms with E-state index in [1.54, 1.807) is 18.2 Å². The van der Waals surface area contributed by atoms with Crippen LogP contribution in [0, 0.1) is 18.3 Å². The molecule has 0 saturated carbocycles. The molecule has 1 aromatic rings. The van der Waals surface area contributed by atoms with Gasteiger partial charge in [-0.3, -0.25) is 4.79 Å². The van der Waals surface area contributed by atoms with Gasteiger partial charge in [0.1, 0.15) is 6.29 Å². The van der Waals surface area contributed by atoms with Crippen LogP contribution in [0.15, 0.2) is 18.2 Å².